The highest BCUT2D eigenvalue weighted by molar-refractivity contribution is 7.89. The van der Waals surface area contributed by atoms with Gasteiger partial charge in [-0.25, -0.2) is 17.7 Å². The van der Waals surface area contributed by atoms with Crippen LogP contribution in [-0.2, 0) is 23.1 Å². The van der Waals surface area contributed by atoms with Crippen molar-refractivity contribution in [1.82, 2.24) is 19.3 Å². The molecule has 7 nitrogen and oxygen atoms in total. The summed E-state index contributed by atoms with van der Waals surface area (Å²) in [5.41, 5.74) is 4.18. The molecule has 0 unspecified atom stereocenters. The Bertz CT molecular complexity index is 736. The molecule has 0 aliphatic heterocycles. The van der Waals surface area contributed by atoms with Crippen molar-refractivity contribution in [2.45, 2.75) is 31.3 Å². The maximum absolute atomic E-state index is 12.2. The predicted octanol–water partition coefficient (Wildman–Crippen LogP) is 0.660. The van der Waals surface area contributed by atoms with Gasteiger partial charge in [-0.3, -0.25) is 11.3 Å². The zero-order valence-electron chi connectivity index (χ0n) is 12.5. The molecule has 0 aliphatic carbocycles. The van der Waals surface area contributed by atoms with Gasteiger partial charge in [-0.05, 0) is 24.6 Å². The van der Waals surface area contributed by atoms with Crippen LogP contribution < -0.4 is 11.3 Å². The van der Waals surface area contributed by atoms with Gasteiger partial charge in [-0.15, -0.1) is 0 Å². The maximum Gasteiger partial charge on any atom is 0.242 e. The minimum atomic E-state index is -3.45. The molecule has 0 bridgehead atoms. The van der Waals surface area contributed by atoms with Gasteiger partial charge in [0.2, 0.25) is 10.0 Å². The standard InChI is InChI=1S/C13H21N5O2S/c1-4-7-18-12-6-5-10(21(19,20)17(2)3)8-11(12)16-13(18)9-15-14/h5-6,8,15H,4,7,9,14H2,1-3H3. The van der Waals surface area contributed by atoms with Crippen molar-refractivity contribution in [3.05, 3.63) is 24.0 Å². The first kappa shape index (κ1) is 15.9. The van der Waals surface area contributed by atoms with Crippen LogP contribution in [0.2, 0.25) is 0 Å². The smallest absolute Gasteiger partial charge is 0.242 e. The van der Waals surface area contributed by atoms with E-state index in [0.717, 1.165) is 24.3 Å². The van der Waals surface area contributed by atoms with Crippen molar-refractivity contribution in [2.24, 2.45) is 5.84 Å². The molecule has 0 spiro atoms. The van der Waals surface area contributed by atoms with Crippen molar-refractivity contribution in [3.63, 3.8) is 0 Å². The third-order valence-corrected chi connectivity index (χ3v) is 5.10. The molecule has 0 saturated heterocycles. The number of aromatic nitrogens is 2. The lowest BCUT2D eigenvalue weighted by molar-refractivity contribution is 0.521. The van der Waals surface area contributed by atoms with E-state index in [1.165, 1.54) is 18.4 Å². The Morgan fingerprint density at radius 3 is 2.67 bits per heavy atom. The number of hydrazine groups is 1. The van der Waals surface area contributed by atoms with Gasteiger partial charge in [0.25, 0.3) is 0 Å². The fourth-order valence-corrected chi connectivity index (χ4v) is 3.15. The normalized spacial score (nSPS) is 12.4. The first-order valence-corrected chi connectivity index (χ1v) is 8.21. The van der Waals surface area contributed by atoms with Crippen LogP contribution in [0.3, 0.4) is 0 Å². The van der Waals surface area contributed by atoms with E-state index in [2.05, 4.69) is 21.9 Å². The summed E-state index contributed by atoms with van der Waals surface area (Å²) in [6.45, 7) is 3.33. The fourth-order valence-electron chi connectivity index (χ4n) is 2.23. The van der Waals surface area contributed by atoms with E-state index in [9.17, 15) is 8.42 Å². The molecule has 0 aliphatic rings. The molecule has 0 fully saturated rings. The van der Waals surface area contributed by atoms with Gasteiger partial charge in [-0.2, -0.15) is 0 Å². The number of fused-ring (bicyclic) bond motifs is 1. The van der Waals surface area contributed by atoms with E-state index in [0.29, 0.717) is 12.1 Å². The summed E-state index contributed by atoms with van der Waals surface area (Å²) in [6, 6.07) is 5.02. The van der Waals surface area contributed by atoms with E-state index in [-0.39, 0.29) is 4.90 Å². The van der Waals surface area contributed by atoms with Crippen molar-refractivity contribution >= 4 is 21.1 Å². The number of hydrogen-bond donors (Lipinski definition) is 2. The summed E-state index contributed by atoms with van der Waals surface area (Å²) in [6.07, 6.45) is 0.959. The third kappa shape index (κ3) is 2.93. The molecule has 2 aromatic rings. The lowest BCUT2D eigenvalue weighted by Crippen LogP contribution is -2.23. The summed E-state index contributed by atoms with van der Waals surface area (Å²) < 4.78 is 27.6. The largest absolute Gasteiger partial charge is 0.327 e. The number of benzene rings is 1. The molecule has 0 amide bonds. The molecule has 8 heteroatoms. The molecule has 0 atom stereocenters. The summed E-state index contributed by atoms with van der Waals surface area (Å²) in [4.78, 5) is 4.74. The minimum Gasteiger partial charge on any atom is -0.327 e. The summed E-state index contributed by atoms with van der Waals surface area (Å²) in [5.74, 6) is 6.18. The summed E-state index contributed by atoms with van der Waals surface area (Å²) in [5, 5.41) is 0. The molecule has 116 valence electrons. The van der Waals surface area contributed by atoms with Crippen molar-refractivity contribution in [1.29, 1.82) is 0 Å². The minimum absolute atomic E-state index is 0.244. The SMILES string of the molecule is CCCn1c(CNN)nc2cc(S(=O)(=O)N(C)C)ccc21. The third-order valence-electron chi connectivity index (χ3n) is 3.28. The van der Waals surface area contributed by atoms with Gasteiger partial charge in [0.1, 0.15) is 5.82 Å². The van der Waals surface area contributed by atoms with Gasteiger partial charge < -0.3 is 4.57 Å². The van der Waals surface area contributed by atoms with E-state index >= 15 is 0 Å². The van der Waals surface area contributed by atoms with Gasteiger partial charge in [0.15, 0.2) is 0 Å². The zero-order chi connectivity index (χ0) is 15.6. The number of nitrogens with one attached hydrogen (secondary N) is 1. The van der Waals surface area contributed by atoms with Crippen LogP contribution in [0.15, 0.2) is 23.1 Å². The maximum atomic E-state index is 12.2. The van der Waals surface area contributed by atoms with Gasteiger partial charge >= 0.3 is 0 Å². The molecular weight excluding hydrogens is 290 g/mol. The van der Waals surface area contributed by atoms with Crippen molar-refractivity contribution in [3.8, 4) is 0 Å². The quantitative estimate of drug-likeness (QED) is 0.604. The monoisotopic (exact) mass is 311 g/mol. The van der Waals surface area contributed by atoms with E-state index in [4.69, 9.17) is 5.84 Å². The number of aryl methyl sites for hydroxylation is 1. The average molecular weight is 311 g/mol. The number of rotatable bonds is 6. The Morgan fingerprint density at radius 1 is 1.38 bits per heavy atom. The number of nitrogens with zero attached hydrogens (tertiary/aromatic N) is 3. The van der Waals surface area contributed by atoms with Gasteiger partial charge in [-0.1, -0.05) is 6.92 Å². The van der Waals surface area contributed by atoms with Gasteiger partial charge in [0.05, 0.1) is 22.5 Å². The fraction of sp³-hybridized carbons (Fsp3) is 0.462. The van der Waals surface area contributed by atoms with E-state index in [1.807, 2.05) is 0 Å². The van der Waals surface area contributed by atoms with Crippen LogP contribution in [0.25, 0.3) is 11.0 Å². The molecule has 1 aromatic carbocycles. The molecular formula is C13H21N5O2S. The van der Waals surface area contributed by atoms with Crippen LogP contribution in [0.5, 0.6) is 0 Å². The molecule has 3 N–H and O–H groups in total. The van der Waals surface area contributed by atoms with E-state index < -0.39 is 10.0 Å². The Labute approximate surface area is 124 Å². The Balaban J connectivity index is 2.59. The second kappa shape index (κ2) is 6.10. The van der Waals surface area contributed by atoms with Crippen LogP contribution in [0.4, 0.5) is 0 Å². The van der Waals surface area contributed by atoms with Crippen LogP contribution in [-0.4, -0.2) is 36.4 Å². The molecule has 1 heterocycles. The molecule has 1 aromatic heterocycles. The predicted molar refractivity (Wildman–Crippen MR) is 81.9 cm³/mol. The number of hydrogen-bond acceptors (Lipinski definition) is 5. The number of nitrogens with two attached hydrogens (primary N) is 1. The summed E-state index contributed by atoms with van der Waals surface area (Å²) in [7, 11) is -0.427. The highest BCUT2D eigenvalue weighted by Crippen LogP contribution is 2.22. The lowest BCUT2D eigenvalue weighted by atomic mass is 10.3. The first-order valence-electron chi connectivity index (χ1n) is 6.77. The van der Waals surface area contributed by atoms with Crippen LogP contribution >= 0.6 is 0 Å². The van der Waals surface area contributed by atoms with Gasteiger partial charge in [0, 0.05) is 20.6 Å². The van der Waals surface area contributed by atoms with Crippen LogP contribution in [0, 0.1) is 0 Å². The molecule has 0 saturated carbocycles. The second-order valence-corrected chi connectivity index (χ2v) is 7.15. The second-order valence-electron chi connectivity index (χ2n) is 5.00. The zero-order valence-corrected chi connectivity index (χ0v) is 13.3. The Morgan fingerprint density at radius 2 is 2.10 bits per heavy atom. The van der Waals surface area contributed by atoms with Crippen molar-refractivity contribution < 1.29 is 8.42 Å². The molecule has 21 heavy (non-hydrogen) atoms. The highest BCUT2D eigenvalue weighted by atomic mass is 32.2. The molecule has 2 rings (SSSR count). The lowest BCUT2D eigenvalue weighted by Gasteiger charge is -2.11. The highest BCUT2D eigenvalue weighted by Gasteiger charge is 2.19. The van der Waals surface area contributed by atoms with Crippen molar-refractivity contribution in [2.75, 3.05) is 14.1 Å². The van der Waals surface area contributed by atoms with E-state index in [1.54, 1.807) is 18.2 Å². The number of imidazole rings is 1. The van der Waals surface area contributed by atoms with Crippen LogP contribution in [0.1, 0.15) is 19.2 Å². The summed E-state index contributed by atoms with van der Waals surface area (Å²) >= 11 is 0. The Hall–Kier alpha value is -1.48. The average Bonchev–Trinajstić information content (AvgIpc) is 2.77. The Kier molecular flexibility index (Phi) is 4.62. The number of sulfonamides is 1. The molecule has 0 radical (unpaired) electrons. The first-order chi connectivity index (χ1) is 9.91. The topological polar surface area (TPSA) is 93.2 Å².